The van der Waals surface area contributed by atoms with Gasteiger partial charge in [0.15, 0.2) is 17.7 Å². The zero-order valence-corrected chi connectivity index (χ0v) is 14.0. The fraction of sp³-hybridized carbons (Fsp3) is 0.333. The molecule has 2 heterocycles. The third-order valence-electron chi connectivity index (χ3n) is 3.83. The lowest BCUT2D eigenvalue weighted by Crippen LogP contribution is -2.31. The van der Waals surface area contributed by atoms with Gasteiger partial charge in [0.1, 0.15) is 11.4 Å². The summed E-state index contributed by atoms with van der Waals surface area (Å²) in [5.74, 6) is 0.233. The second kappa shape index (κ2) is 7.85. The van der Waals surface area contributed by atoms with Crippen LogP contribution in [0.15, 0.2) is 46.6 Å². The molecule has 2 aromatic rings. The summed E-state index contributed by atoms with van der Waals surface area (Å²) in [4.78, 5) is 16.4. The molecule has 0 radical (unpaired) electrons. The summed E-state index contributed by atoms with van der Waals surface area (Å²) in [6.07, 6.45) is 2.09. The number of carbonyl (C=O) groups is 1. The average Bonchev–Trinajstić information content (AvgIpc) is 2.63. The van der Waals surface area contributed by atoms with Gasteiger partial charge in [0.2, 0.25) is 0 Å². The summed E-state index contributed by atoms with van der Waals surface area (Å²) in [7, 11) is 0. The minimum atomic E-state index is -0.518. The van der Waals surface area contributed by atoms with Gasteiger partial charge in [0, 0.05) is 12.3 Å². The van der Waals surface area contributed by atoms with Gasteiger partial charge in [-0.25, -0.2) is 9.78 Å². The zero-order valence-electron chi connectivity index (χ0n) is 14.0. The first-order valence-corrected chi connectivity index (χ1v) is 8.20. The van der Waals surface area contributed by atoms with Crippen LogP contribution in [0.1, 0.15) is 25.0 Å². The van der Waals surface area contributed by atoms with Gasteiger partial charge < -0.3 is 15.2 Å². The van der Waals surface area contributed by atoms with Gasteiger partial charge in [0.05, 0.1) is 0 Å². The Morgan fingerprint density at radius 1 is 1.20 bits per heavy atom. The van der Waals surface area contributed by atoms with E-state index in [4.69, 9.17) is 15.2 Å². The molecule has 130 valence electrons. The quantitative estimate of drug-likeness (QED) is 0.517. The highest BCUT2D eigenvalue weighted by Gasteiger charge is 2.24. The smallest absolute Gasteiger partial charge is 0.340 e. The van der Waals surface area contributed by atoms with E-state index in [1.165, 1.54) is 0 Å². The molecule has 3 rings (SSSR count). The number of nitrogens with two attached hydrogens (primary N) is 1. The Hall–Kier alpha value is -2.80. The first-order valence-electron chi connectivity index (χ1n) is 8.20. The van der Waals surface area contributed by atoms with Gasteiger partial charge in [-0.2, -0.15) is 0 Å². The van der Waals surface area contributed by atoms with Crippen molar-refractivity contribution in [3.63, 3.8) is 0 Å². The number of hydrogen-bond acceptors (Lipinski definition) is 7. The highest BCUT2D eigenvalue weighted by molar-refractivity contribution is 5.78. The molecule has 1 atom stereocenters. The Bertz CT molecular complexity index is 786. The molecule has 0 aliphatic carbocycles. The number of hydrogen-bond donors (Lipinski definition) is 1. The number of nitrogens with zero attached hydrogens (tertiary/aromatic N) is 3. The standard InChI is InChI=1S/C18H20N4O3/c1-12-9-10-14(17(19)20-12)22-21-13-6-2-3-7-15(13)25-18(23)16-8-4-5-11-24-16/h2-3,6-7,9-10,16H,4-5,8,11H2,1H3,(H2,19,20). The number of anilines is 1. The molecule has 1 aliphatic heterocycles. The molecule has 1 aromatic carbocycles. The average molecular weight is 340 g/mol. The van der Waals surface area contributed by atoms with Crippen molar-refractivity contribution in [2.75, 3.05) is 12.3 Å². The molecule has 1 aliphatic rings. The molecule has 0 spiro atoms. The van der Waals surface area contributed by atoms with Crippen LogP contribution in [-0.2, 0) is 9.53 Å². The number of nitrogen functional groups attached to an aromatic ring is 1. The Kier molecular flexibility index (Phi) is 5.35. The lowest BCUT2D eigenvalue weighted by molar-refractivity contribution is -0.150. The molecule has 0 amide bonds. The minimum absolute atomic E-state index is 0.300. The third-order valence-corrected chi connectivity index (χ3v) is 3.83. The van der Waals surface area contributed by atoms with Crippen molar-refractivity contribution in [1.82, 2.24) is 4.98 Å². The van der Waals surface area contributed by atoms with Crippen molar-refractivity contribution < 1.29 is 14.3 Å². The van der Waals surface area contributed by atoms with E-state index >= 15 is 0 Å². The van der Waals surface area contributed by atoms with Crippen LogP contribution in [0.5, 0.6) is 5.75 Å². The van der Waals surface area contributed by atoms with Crippen LogP contribution in [0.2, 0.25) is 0 Å². The molecule has 1 unspecified atom stereocenters. The van der Waals surface area contributed by atoms with Crippen LogP contribution in [0, 0.1) is 6.92 Å². The zero-order chi connectivity index (χ0) is 17.6. The van der Waals surface area contributed by atoms with Crippen LogP contribution in [0.25, 0.3) is 0 Å². The predicted molar refractivity (Wildman–Crippen MR) is 93.2 cm³/mol. The van der Waals surface area contributed by atoms with Crippen molar-refractivity contribution in [2.45, 2.75) is 32.3 Å². The minimum Gasteiger partial charge on any atom is -0.422 e. The molecule has 7 nitrogen and oxygen atoms in total. The highest BCUT2D eigenvalue weighted by Crippen LogP contribution is 2.31. The number of aromatic nitrogens is 1. The Labute approximate surface area is 145 Å². The molecule has 0 saturated carbocycles. The maximum absolute atomic E-state index is 12.2. The van der Waals surface area contributed by atoms with Crippen LogP contribution in [0.4, 0.5) is 17.2 Å². The van der Waals surface area contributed by atoms with Crippen LogP contribution in [0.3, 0.4) is 0 Å². The van der Waals surface area contributed by atoms with E-state index in [0.717, 1.165) is 18.5 Å². The lowest BCUT2D eigenvalue weighted by Gasteiger charge is -2.20. The largest absolute Gasteiger partial charge is 0.422 e. The van der Waals surface area contributed by atoms with Crippen molar-refractivity contribution in [1.29, 1.82) is 0 Å². The van der Waals surface area contributed by atoms with E-state index in [1.807, 2.05) is 6.92 Å². The molecule has 1 fully saturated rings. The maximum Gasteiger partial charge on any atom is 0.340 e. The lowest BCUT2D eigenvalue weighted by atomic mass is 10.1. The Balaban J connectivity index is 1.76. The summed E-state index contributed by atoms with van der Waals surface area (Å²) in [5, 5.41) is 8.26. The van der Waals surface area contributed by atoms with Gasteiger partial charge in [-0.1, -0.05) is 12.1 Å². The molecule has 7 heteroatoms. The molecular formula is C18H20N4O3. The fourth-order valence-corrected chi connectivity index (χ4v) is 2.49. The van der Waals surface area contributed by atoms with E-state index in [0.29, 0.717) is 36.0 Å². The predicted octanol–water partition coefficient (Wildman–Crippen LogP) is 3.86. The van der Waals surface area contributed by atoms with Crippen molar-refractivity contribution in [3.8, 4) is 5.75 Å². The normalized spacial score (nSPS) is 17.6. The van der Waals surface area contributed by atoms with E-state index < -0.39 is 12.1 Å². The second-order valence-corrected chi connectivity index (χ2v) is 5.80. The van der Waals surface area contributed by atoms with Gasteiger partial charge in [0.25, 0.3) is 0 Å². The summed E-state index contributed by atoms with van der Waals surface area (Å²) in [5.41, 5.74) is 7.54. The summed E-state index contributed by atoms with van der Waals surface area (Å²) < 4.78 is 10.9. The van der Waals surface area contributed by atoms with Crippen molar-refractivity contribution in [3.05, 3.63) is 42.1 Å². The van der Waals surface area contributed by atoms with E-state index in [9.17, 15) is 4.79 Å². The summed E-state index contributed by atoms with van der Waals surface area (Å²) >= 11 is 0. The van der Waals surface area contributed by atoms with Gasteiger partial charge >= 0.3 is 5.97 Å². The van der Waals surface area contributed by atoms with Crippen LogP contribution < -0.4 is 10.5 Å². The fourth-order valence-electron chi connectivity index (χ4n) is 2.49. The van der Waals surface area contributed by atoms with Crippen LogP contribution >= 0.6 is 0 Å². The number of aryl methyl sites for hydroxylation is 1. The summed E-state index contributed by atoms with van der Waals surface area (Å²) in [6, 6.07) is 10.5. The van der Waals surface area contributed by atoms with E-state index in [1.54, 1.807) is 36.4 Å². The number of carbonyl (C=O) groups excluding carboxylic acids is 1. The maximum atomic E-state index is 12.2. The number of rotatable bonds is 4. The number of para-hydroxylation sites is 1. The van der Waals surface area contributed by atoms with Gasteiger partial charge in [-0.15, -0.1) is 10.2 Å². The number of ether oxygens (including phenoxy) is 2. The number of esters is 1. The molecule has 25 heavy (non-hydrogen) atoms. The molecule has 0 bridgehead atoms. The molecule has 1 aromatic heterocycles. The third kappa shape index (κ3) is 4.39. The Morgan fingerprint density at radius 2 is 2.00 bits per heavy atom. The van der Waals surface area contributed by atoms with E-state index in [2.05, 4.69) is 15.2 Å². The first-order chi connectivity index (χ1) is 12.1. The molecule has 1 saturated heterocycles. The monoisotopic (exact) mass is 340 g/mol. The number of azo groups is 1. The topological polar surface area (TPSA) is 99.2 Å². The van der Waals surface area contributed by atoms with Crippen molar-refractivity contribution in [2.24, 2.45) is 10.2 Å². The Morgan fingerprint density at radius 3 is 2.76 bits per heavy atom. The number of pyridine rings is 1. The molecular weight excluding hydrogens is 320 g/mol. The van der Waals surface area contributed by atoms with Crippen molar-refractivity contribution >= 4 is 23.2 Å². The van der Waals surface area contributed by atoms with Crippen LogP contribution in [-0.4, -0.2) is 23.7 Å². The highest BCUT2D eigenvalue weighted by atomic mass is 16.6. The van der Waals surface area contributed by atoms with Gasteiger partial charge in [-0.05, 0) is 50.5 Å². The second-order valence-electron chi connectivity index (χ2n) is 5.80. The number of benzene rings is 1. The molecule has 2 N–H and O–H groups in total. The summed E-state index contributed by atoms with van der Waals surface area (Å²) in [6.45, 7) is 2.43. The van der Waals surface area contributed by atoms with E-state index in [-0.39, 0.29) is 0 Å². The van der Waals surface area contributed by atoms with Gasteiger partial charge in [-0.3, -0.25) is 0 Å². The SMILES string of the molecule is Cc1ccc(N=Nc2ccccc2OC(=O)C2CCCCO2)c(N)n1. The first kappa shape index (κ1) is 17.0.